The molecule has 15 heavy (non-hydrogen) atoms. The zero-order valence-corrected chi connectivity index (χ0v) is 9.43. The molecule has 0 N–H and O–H groups in total. The summed E-state index contributed by atoms with van der Waals surface area (Å²) >= 11 is 5.75. The second-order valence-corrected chi connectivity index (χ2v) is 4.50. The van der Waals surface area contributed by atoms with Crippen molar-refractivity contribution in [2.24, 2.45) is 5.92 Å². The third-order valence-electron chi connectivity index (χ3n) is 2.69. The number of alkyl halides is 1. The largest absolute Gasteiger partial charge is 0.490 e. The summed E-state index contributed by atoms with van der Waals surface area (Å²) in [4.78, 5) is 0. The topological polar surface area (TPSA) is 9.23 Å². The highest BCUT2D eigenvalue weighted by Crippen LogP contribution is 2.31. The van der Waals surface area contributed by atoms with E-state index in [4.69, 9.17) is 16.3 Å². The van der Waals surface area contributed by atoms with Gasteiger partial charge in [-0.15, -0.1) is 11.6 Å². The Morgan fingerprint density at radius 3 is 3.13 bits per heavy atom. The first-order valence-electron chi connectivity index (χ1n) is 5.20. The predicted molar refractivity (Wildman–Crippen MR) is 59.0 cm³/mol. The zero-order valence-electron chi connectivity index (χ0n) is 8.67. The molecule has 1 aromatic rings. The van der Waals surface area contributed by atoms with Gasteiger partial charge in [0.25, 0.3) is 0 Å². The van der Waals surface area contributed by atoms with E-state index >= 15 is 0 Å². The number of halogens is 2. The number of hydrogen-bond donors (Lipinski definition) is 0. The van der Waals surface area contributed by atoms with Gasteiger partial charge in [0.2, 0.25) is 0 Å². The highest BCUT2D eigenvalue weighted by Gasteiger charge is 2.24. The van der Waals surface area contributed by atoms with Crippen LogP contribution in [-0.4, -0.2) is 12.0 Å². The van der Waals surface area contributed by atoms with Crippen molar-refractivity contribution in [3.8, 4) is 5.75 Å². The highest BCUT2D eigenvalue weighted by molar-refractivity contribution is 6.18. The lowest BCUT2D eigenvalue weighted by Gasteiger charge is -2.13. The van der Waals surface area contributed by atoms with Crippen LogP contribution in [0, 0.1) is 11.7 Å². The molecule has 0 radical (unpaired) electrons. The normalized spacial score (nSPS) is 20.9. The highest BCUT2D eigenvalue weighted by atomic mass is 35.5. The molecule has 1 aliphatic rings. The van der Waals surface area contributed by atoms with Gasteiger partial charge < -0.3 is 4.74 Å². The van der Waals surface area contributed by atoms with Gasteiger partial charge in [-0.05, 0) is 30.5 Å². The van der Waals surface area contributed by atoms with Gasteiger partial charge in [0.15, 0.2) is 0 Å². The third kappa shape index (κ3) is 2.43. The summed E-state index contributed by atoms with van der Waals surface area (Å²) in [6, 6.07) is 4.70. The van der Waals surface area contributed by atoms with Gasteiger partial charge in [-0.3, -0.25) is 0 Å². The van der Waals surface area contributed by atoms with Gasteiger partial charge in [0.1, 0.15) is 17.7 Å². The fourth-order valence-electron chi connectivity index (χ4n) is 1.93. The Labute approximate surface area is 94.2 Å². The average molecular weight is 229 g/mol. The maximum atomic E-state index is 12.9. The van der Waals surface area contributed by atoms with Gasteiger partial charge in [-0.2, -0.15) is 0 Å². The number of fused-ring (bicyclic) bond motifs is 1. The summed E-state index contributed by atoms with van der Waals surface area (Å²) < 4.78 is 18.7. The van der Waals surface area contributed by atoms with Gasteiger partial charge in [-0.1, -0.05) is 6.92 Å². The summed E-state index contributed by atoms with van der Waals surface area (Å²) in [7, 11) is 0. The molecule has 2 atom stereocenters. The molecular formula is C12H14ClFO. The van der Waals surface area contributed by atoms with E-state index in [2.05, 4.69) is 6.92 Å². The maximum Gasteiger partial charge on any atom is 0.123 e. The number of ether oxygens (including phenoxy) is 1. The van der Waals surface area contributed by atoms with Crippen LogP contribution in [0.2, 0.25) is 0 Å². The van der Waals surface area contributed by atoms with E-state index in [0.717, 1.165) is 24.2 Å². The molecule has 3 heteroatoms. The first-order valence-corrected chi connectivity index (χ1v) is 5.73. The van der Waals surface area contributed by atoms with E-state index in [1.165, 1.54) is 6.07 Å². The zero-order chi connectivity index (χ0) is 10.8. The third-order valence-corrected chi connectivity index (χ3v) is 3.22. The van der Waals surface area contributed by atoms with Gasteiger partial charge in [-0.25, -0.2) is 4.39 Å². The molecule has 2 rings (SSSR count). The minimum absolute atomic E-state index is 0.163. The fraction of sp³-hybridized carbons (Fsp3) is 0.500. The monoisotopic (exact) mass is 228 g/mol. The van der Waals surface area contributed by atoms with Crippen molar-refractivity contribution in [2.45, 2.75) is 25.9 Å². The second kappa shape index (κ2) is 4.40. The predicted octanol–water partition coefficient (Wildman–Crippen LogP) is 3.39. The molecule has 1 nitrogen and oxygen atoms in total. The summed E-state index contributed by atoms with van der Waals surface area (Å²) in [5, 5.41) is 0. The smallest absolute Gasteiger partial charge is 0.123 e. The van der Waals surface area contributed by atoms with E-state index in [-0.39, 0.29) is 11.9 Å². The lowest BCUT2D eigenvalue weighted by Crippen LogP contribution is -2.17. The Morgan fingerprint density at radius 2 is 2.40 bits per heavy atom. The molecule has 2 unspecified atom stereocenters. The molecule has 0 aliphatic carbocycles. The minimum Gasteiger partial charge on any atom is -0.490 e. The minimum atomic E-state index is -0.191. The average Bonchev–Trinajstić information content (AvgIpc) is 2.59. The molecule has 0 amide bonds. The van der Waals surface area contributed by atoms with E-state index < -0.39 is 0 Å². The Hall–Kier alpha value is -0.760. The summed E-state index contributed by atoms with van der Waals surface area (Å²) in [5.74, 6) is 1.72. The van der Waals surface area contributed by atoms with Crippen molar-refractivity contribution in [1.82, 2.24) is 0 Å². The van der Waals surface area contributed by atoms with Crippen molar-refractivity contribution in [3.05, 3.63) is 29.6 Å². The lowest BCUT2D eigenvalue weighted by atomic mass is 10.0. The fourth-order valence-corrected chi connectivity index (χ4v) is 2.06. The quantitative estimate of drug-likeness (QED) is 0.721. The van der Waals surface area contributed by atoms with Gasteiger partial charge in [0, 0.05) is 17.9 Å². The van der Waals surface area contributed by atoms with Crippen LogP contribution >= 0.6 is 11.6 Å². The van der Waals surface area contributed by atoms with Crippen molar-refractivity contribution >= 4 is 11.6 Å². The molecule has 0 saturated carbocycles. The molecule has 1 aliphatic heterocycles. The van der Waals surface area contributed by atoms with Crippen LogP contribution in [-0.2, 0) is 6.42 Å². The van der Waals surface area contributed by atoms with E-state index in [1.807, 2.05) is 0 Å². The van der Waals surface area contributed by atoms with Crippen LogP contribution in [0.25, 0.3) is 0 Å². The van der Waals surface area contributed by atoms with Gasteiger partial charge in [0.05, 0.1) is 0 Å². The standard InChI is InChI=1S/C12H14ClFO/c1-8(7-13)4-11-6-9-5-10(14)2-3-12(9)15-11/h2-3,5,8,11H,4,6-7H2,1H3. The van der Waals surface area contributed by atoms with Crippen LogP contribution in [0.3, 0.4) is 0 Å². The summed E-state index contributed by atoms with van der Waals surface area (Å²) in [5.41, 5.74) is 0.974. The van der Waals surface area contributed by atoms with Crippen LogP contribution in [0.1, 0.15) is 18.9 Å². The molecule has 0 saturated heterocycles. The molecule has 1 heterocycles. The van der Waals surface area contributed by atoms with E-state index in [0.29, 0.717) is 11.8 Å². The Bertz CT molecular complexity index is 353. The molecule has 0 spiro atoms. The maximum absolute atomic E-state index is 12.9. The summed E-state index contributed by atoms with van der Waals surface area (Å²) in [6.07, 6.45) is 1.89. The summed E-state index contributed by atoms with van der Waals surface area (Å²) in [6.45, 7) is 2.10. The van der Waals surface area contributed by atoms with Crippen molar-refractivity contribution in [1.29, 1.82) is 0 Å². The van der Waals surface area contributed by atoms with Gasteiger partial charge >= 0.3 is 0 Å². The molecule has 0 bridgehead atoms. The Balaban J connectivity index is 2.03. The Kier molecular flexibility index (Phi) is 3.15. The van der Waals surface area contributed by atoms with Crippen LogP contribution in [0.5, 0.6) is 5.75 Å². The lowest BCUT2D eigenvalue weighted by molar-refractivity contribution is 0.203. The van der Waals surface area contributed by atoms with E-state index in [1.54, 1.807) is 12.1 Å². The first kappa shape index (κ1) is 10.7. The molecule has 82 valence electrons. The van der Waals surface area contributed by atoms with E-state index in [9.17, 15) is 4.39 Å². The van der Waals surface area contributed by atoms with Crippen molar-refractivity contribution in [3.63, 3.8) is 0 Å². The van der Waals surface area contributed by atoms with Crippen molar-refractivity contribution in [2.75, 3.05) is 5.88 Å². The molecule has 1 aromatic carbocycles. The van der Waals surface area contributed by atoms with Crippen LogP contribution < -0.4 is 4.74 Å². The molecule has 0 aromatic heterocycles. The second-order valence-electron chi connectivity index (χ2n) is 4.19. The molecule has 0 fully saturated rings. The SMILES string of the molecule is CC(CCl)CC1Cc2cc(F)ccc2O1. The number of hydrogen-bond acceptors (Lipinski definition) is 1. The van der Waals surface area contributed by atoms with Crippen molar-refractivity contribution < 1.29 is 9.13 Å². The van der Waals surface area contributed by atoms with Crippen LogP contribution in [0.15, 0.2) is 18.2 Å². The first-order chi connectivity index (χ1) is 7.19. The molecular weight excluding hydrogens is 215 g/mol. The number of benzene rings is 1. The van der Waals surface area contributed by atoms with Crippen LogP contribution in [0.4, 0.5) is 4.39 Å². The Morgan fingerprint density at radius 1 is 1.60 bits per heavy atom. The number of rotatable bonds is 3.